The summed E-state index contributed by atoms with van der Waals surface area (Å²) in [6.45, 7) is 8.62. The molecule has 0 aromatic carbocycles. The molecule has 0 unspecified atom stereocenters. The van der Waals surface area contributed by atoms with Crippen LogP contribution in [0.15, 0.2) is 5.16 Å². The molecule has 0 rings (SSSR count). The number of nitrogens with zero attached hydrogens (tertiary/aromatic N) is 2. The van der Waals surface area contributed by atoms with Gasteiger partial charge in [-0.25, -0.2) is 0 Å². The van der Waals surface area contributed by atoms with E-state index in [1.807, 2.05) is 27.7 Å². The van der Waals surface area contributed by atoms with Gasteiger partial charge in [-0.2, -0.15) is 0 Å². The number of hydrogen-bond acceptors (Lipinski definition) is 3. The standard InChI is InChI=1S/C10H21N3O2/c1-5-13(7-8(11)12-15)9(14)6-10(2,3)4/h15H,5-7H2,1-4H3,(H2,11,12). The van der Waals surface area contributed by atoms with Crippen LogP contribution in [0.25, 0.3) is 0 Å². The van der Waals surface area contributed by atoms with E-state index < -0.39 is 0 Å². The molecule has 0 fully saturated rings. The van der Waals surface area contributed by atoms with E-state index in [-0.39, 0.29) is 23.7 Å². The van der Waals surface area contributed by atoms with Crippen LogP contribution in [0.5, 0.6) is 0 Å². The van der Waals surface area contributed by atoms with E-state index in [0.29, 0.717) is 13.0 Å². The number of rotatable bonds is 4. The fourth-order valence-electron chi connectivity index (χ4n) is 1.17. The van der Waals surface area contributed by atoms with Crippen LogP contribution < -0.4 is 5.73 Å². The molecule has 0 aliphatic rings. The predicted octanol–water partition coefficient (Wildman–Crippen LogP) is 1.02. The Bertz CT molecular complexity index is 244. The minimum absolute atomic E-state index is 0.0246. The van der Waals surface area contributed by atoms with Crippen molar-refractivity contribution in [3.63, 3.8) is 0 Å². The van der Waals surface area contributed by atoms with Gasteiger partial charge in [-0.05, 0) is 12.3 Å². The van der Waals surface area contributed by atoms with Crippen molar-refractivity contribution < 1.29 is 10.0 Å². The molecule has 3 N–H and O–H groups in total. The molecule has 5 nitrogen and oxygen atoms in total. The molecule has 0 aliphatic heterocycles. The van der Waals surface area contributed by atoms with E-state index in [2.05, 4.69) is 5.16 Å². The summed E-state index contributed by atoms with van der Waals surface area (Å²) >= 11 is 0. The van der Waals surface area contributed by atoms with Crippen LogP contribution in [0, 0.1) is 5.41 Å². The van der Waals surface area contributed by atoms with Crippen LogP contribution in [-0.2, 0) is 4.79 Å². The lowest BCUT2D eigenvalue weighted by molar-refractivity contribution is -0.132. The van der Waals surface area contributed by atoms with Crippen molar-refractivity contribution in [2.24, 2.45) is 16.3 Å². The van der Waals surface area contributed by atoms with E-state index >= 15 is 0 Å². The van der Waals surface area contributed by atoms with E-state index in [1.165, 1.54) is 0 Å². The maximum atomic E-state index is 11.8. The lowest BCUT2D eigenvalue weighted by Gasteiger charge is -2.25. The van der Waals surface area contributed by atoms with Gasteiger partial charge in [0.25, 0.3) is 0 Å². The predicted molar refractivity (Wildman–Crippen MR) is 59.7 cm³/mol. The third kappa shape index (κ3) is 5.93. The third-order valence-electron chi connectivity index (χ3n) is 1.90. The second kappa shape index (κ2) is 5.58. The van der Waals surface area contributed by atoms with Gasteiger partial charge in [-0.3, -0.25) is 4.79 Å². The van der Waals surface area contributed by atoms with Crippen molar-refractivity contribution in [1.29, 1.82) is 0 Å². The number of hydrogen-bond donors (Lipinski definition) is 2. The third-order valence-corrected chi connectivity index (χ3v) is 1.90. The highest BCUT2D eigenvalue weighted by molar-refractivity contribution is 5.87. The highest BCUT2D eigenvalue weighted by atomic mass is 16.4. The highest BCUT2D eigenvalue weighted by Gasteiger charge is 2.20. The first-order chi connectivity index (χ1) is 6.80. The largest absolute Gasteiger partial charge is 0.409 e. The number of carbonyl (C=O) groups excluding carboxylic acids is 1. The lowest BCUT2D eigenvalue weighted by Crippen LogP contribution is -2.39. The topological polar surface area (TPSA) is 78.9 Å². The molecule has 15 heavy (non-hydrogen) atoms. The van der Waals surface area contributed by atoms with Crippen molar-refractivity contribution in [3.05, 3.63) is 0 Å². The van der Waals surface area contributed by atoms with Gasteiger partial charge in [0, 0.05) is 13.0 Å². The molecule has 0 heterocycles. The first-order valence-corrected chi connectivity index (χ1v) is 5.04. The molecule has 5 heteroatoms. The maximum Gasteiger partial charge on any atom is 0.223 e. The Hall–Kier alpha value is -1.26. The fourth-order valence-corrected chi connectivity index (χ4v) is 1.17. The van der Waals surface area contributed by atoms with Crippen LogP contribution in [0.2, 0.25) is 0 Å². The molecule has 0 aromatic heterocycles. The zero-order valence-corrected chi connectivity index (χ0v) is 9.95. The Balaban J connectivity index is 4.36. The molecule has 0 aromatic rings. The summed E-state index contributed by atoms with van der Waals surface area (Å²) < 4.78 is 0. The van der Waals surface area contributed by atoms with Crippen molar-refractivity contribution in [1.82, 2.24) is 4.90 Å². The number of nitrogens with two attached hydrogens (primary N) is 1. The number of amides is 1. The molecule has 0 radical (unpaired) electrons. The highest BCUT2D eigenvalue weighted by Crippen LogP contribution is 2.19. The molecule has 88 valence electrons. The summed E-state index contributed by atoms with van der Waals surface area (Å²) in [5.74, 6) is 0.0794. The number of likely N-dealkylation sites (N-methyl/N-ethyl adjacent to an activating group) is 1. The molecular weight excluding hydrogens is 194 g/mol. The quantitative estimate of drug-likeness (QED) is 0.318. The normalized spacial score (nSPS) is 12.7. The zero-order chi connectivity index (χ0) is 12.1. The van der Waals surface area contributed by atoms with Gasteiger partial charge in [0.1, 0.15) is 0 Å². The summed E-state index contributed by atoms with van der Waals surface area (Å²) in [4.78, 5) is 13.3. The Morgan fingerprint density at radius 3 is 2.33 bits per heavy atom. The summed E-state index contributed by atoms with van der Waals surface area (Å²) in [7, 11) is 0. The molecule has 0 bridgehead atoms. The Kier molecular flexibility index (Phi) is 5.11. The first kappa shape index (κ1) is 13.7. The Labute approximate surface area is 90.9 Å². The van der Waals surface area contributed by atoms with Crippen molar-refractivity contribution in [2.45, 2.75) is 34.1 Å². The van der Waals surface area contributed by atoms with Gasteiger partial charge in [-0.1, -0.05) is 25.9 Å². The van der Waals surface area contributed by atoms with Crippen molar-refractivity contribution >= 4 is 11.7 Å². The summed E-state index contributed by atoms with van der Waals surface area (Å²) in [6, 6.07) is 0. The average Bonchev–Trinajstić information content (AvgIpc) is 2.10. The van der Waals surface area contributed by atoms with E-state index in [4.69, 9.17) is 10.9 Å². The second-order valence-corrected chi connectivity index (χ2v) is 4.74. The molecule has 0 atom stereocenters. The minimum Gasteiger partial charge on any atom is -0.409 e. The summed E-state index contributed by atoms with van der Waals surface area (Å²) in [5, 5.41) is 11.3. The first-order valence-electron chi connectivity index (χ1n) is 5.04. The van der Waals surface area contributed by atoms with E-state index in [1.54, 1.807) is 4.90 Å². The van der Waals surface area contributed by atoms with Crippen molar-refractivity contribution in [3.8, 4) is 0 Å². The number of carbonyl (C=O) groups is 1. The molecular formula is C10H21N3O2. The van der Waals surface area contributed by atoms with Gasteiger partial charge in [0.2, 0.25) is 5.91 Å². The smallest absolute Gasteiger partial charge is 0.223 e. The van der Waals surface area contributed by atoms with Crippen LogP contribution >= 0.6 is 0 Å². The Morgan fingerprint density at radius 1 is 1.47 bits per heavy atom. The molecule has 0 spiro atoms. The number of amidine groups is 1. The molecule has 0 saturated heterocycles. The zero-order valence-electron chi connectivity index (χ0n) is 9.95. The van der Waals surface area contributed by atoms with Crippen LogP contribution in [0.3, 0.4) is 0 Å². The van der Waals surface area contributed by atoms with E-state index in [0.717, 1.165) is 0 Å². The summed E-state index contributed by atoms with van der Waals surface area (Å²) in [6.07, 6.45) is 0.458. The van der Waals surface area contributed by atoms with Crippen LogP contribution in [-0.4, -0.2) is 34.9 Å². The minimum atomic E-state index is -0.0460. The van der Waals surface area contributed by atoms with Crippen LogP contribution in [0.4, 0.5) is 0 Å². The second-order valence-electron chi connectivity index (χ2n) is 4.74. The van der Waals surface area contributed by atoms with Gasteiger partial charge in [0.15, 0.2) is 5.84 Å². The SMILES string of the molecule is CCN(CC(N)=NO)C(=O)CC(C)(C)C. The van der Waals surface area contributed by atoms with E-state index in [9.17, 15) is 4.79 Å². The molecule has 0 saturated carbocycles. The Morgan fingerprint density at radius 2 is 2.00 bits per heavy atom. The van der Waals surface area contributed by atoms with Gasteiger partial charge >= 0.3 is 0 Å². The molecule has 0 aliphatic carbocycles. The summed E-state index contributed by atoms with van der Waals surface area (Å²) in [5.41, 5.74) is 5.31. The maximum absolute atomic E-state index is 11.8. The van der Waals surface area contributed by atoms with Crippen molar-refractivity contribution in [2.75, 3.05) is 13.1 Å². The molecule has 1 amide bonds. The van der Waals surface area contributed by atoms with Gasteiger partial charge < -0.3 is 15.8 Å². The lowest BCUT2D eigenvalue weighted by atomic mass is 9.91. The van der Waals surface area contributed by atoms with Gasteiger partial charge in [-0.15, -0.1) is 0 Å². The monoisotopic (exact) mass is 215 g/mol. The number of oxime groups is 1. The van der Waals surface area contributed by atoms with Crippen LogP contribution in [0.1, 0.15) is 34.1 Å². The average molecular weight is 215 g/mol. The fraction of sp³-hybridized carbons (Fsp3) is 0.800. The van der Waals surface area contributed by atoms with Gasteiger partial charge in [0.05, 0.1) is 6.54 Å².